The summed E-state index contributed by atoms with van der Waals surface area (Å²) in [5.41, 5.74) is 0.954. The van der Waals surface area contributed by atoms with Gasteiger partial charge in [-0.2, -0.15) is 0 Å². The molecule has 0 atom stereocenters. The fraction of sp³-hybridized carbons (Fsp3) is 0.579. The molecule has 0 heterocycles. The van der Waals surface area contributed by atoms with Crippen LogP contribution in [0.4, 0.5) is 4.39 Å². The zero-order valence-corrected chi connectivity index (χ0v) is 15.0. The molecule has 2 rings (SSSR count). The van der Waals surface area contributed by atoms with Gasteiger partial charge in [-0.15, -0.1) is 0 Å². The Hall–Kier alpha value is -1.95. The van der Waals surface area contributed by atoms with Gasteiger partial charge in [0.25, 0.3) is 0 Å². The van der Waals surface area contributed by atoms with Crippen LogP contribution < -0.4 is 5.32 Å². The van der Waals surface area contributed by atoms with Crippen LogP contribution in [0.5, 0.6) is 0 Å². The summed E-state index contributed by atoms with van der Waals surface area (Å²) in [5.74, 6) is -0.710. The molecule has 1 aliphatic carbocycles. The lowest BCUT2D eigenvalue weighted by Crippen LogP contribution is -2.43. The summed E-state index contributed by atoms with van der Waals surface area (Å²) in [5, 5.41) is 2.99. The van der Waals surface area contributed by atoms with Crippen molar-refractivity contribution in [3.63, 3.8) is 0 Å². The number of likely N-dealkylation sites (N-methyl/N-ethyl adjacent to an activating group) is 1. The monoisotopic (exact) mass is 350 g/mol. The van der Waals surface area contributed by atoms with E-state index in [0.29, 0.717) is 13.2 Å². The van der Waals surface area contributed by atoms with Crippen LogP contribution in [0.1, 0.15) is 38.2 Å². The SMILES string of the molecule is CCOC(=O)CN(C)CC(=O)NCC1(c2ccc(F)cc2)CCCC1. The summed E-state index contributed by atoms with van der Waals surface area (Å²) < 4.78 is 18.1. The topological polar surface area (TPSA) is 58.6 Å². The quantitative estimate of drug-likeness (QED) is 0.731. The van der Waals surface area contributed by atoms with Crippen LogP contribution in [0.25, 0.3) is 0 Å². The van der Waals surface area contributed by atoms with E-state index in [2.05, 4.69) is 5.32 Å². The van der Waals surface area contributed by atoms with Crippen LogP contribution in [0.2, 0.25) is 0 Å². The van der Waals surface area contributed by atoms with E-state index in [1.54, 1.807) is 18.9 Å². The Labute approximate surface area is 148 Å². The maximum Gasteiger partial charge on any atom is 0.320 e. The van der Waals surface area contributed by atoms with Crippen LogP contribution in [0.15, 0.2) is 24.3 Å². The lowest BCUT2D eigenvalue weighted by atomic mass is 9.79. The third-order valence-corrected chi connectivity index (χ3v) is 4.76. The second-order valence-electron chi connectivity index (χ2n) is 6.75. The second kappa shape index (κ2) is 8.94. The number of hydrogen-bond acceptors (Lipinski definition) is 4. The van der Waals surface area contributed by atoms with Gasteiger partial charge in [0.2, 0.25) is 5.91 Å². The zero-order chi connectivity index (χ0) is 18.3. The van der Waals surface area contributed by atoms with Gasteiger partial charge in [-0.05, 0) is 44.5 Å². The highest BCUT2D eigenvalue weighted by Gasteiger charge is 2.35. The van der Waals surface area contributed by atoms with E-state index >= 15 is 0 Å². The van der Waals surface area contributed by atoms with Gasteiger partial charge >= 0.3 is 5.97 Å². The number of halogens is 1. The van der Waals surface area contributed by atoms with Crippen molar-refractivity contribution in [1.29, 1.82) is 0 Å². The summed E-state index contributed by atoms with van der Waals surface area (Å²) >= 11 is 0. The molecular weight excluding hydrogens is 323 g/mol. The van der Waals surface area contributed by atoms with Crippen molar-refractivity contribution >= 4 is 11.9 Å². The maximum absolute atomic E-state index is 13.2. The number of nitrogens with one attached hydrogen (secondary N) is 1. The van der Waals surface area contributed by atoms with Crippen LogP contribution in [-0.2, 0) is 19.7 Å². The summed E-state index contributed by atoms with van der Waals surface area (Å²) in [4.78, 5) is 25.3. The van der Waals surface area contributed by atoms with E-state index < -0.39 is 0 Å². The molecule has 138 valence electrons. The third-order valence-electron chi connectivity index (χ3n) is 4.76. The Kier molecular flexibility index (Phi) is 6.93. The van der Waals surface area contributed by atoms with Crippen molar-refractivity contribution in [2.45, 2.75) is 38.0 Å². The summed E-state index contributed by atoms with van der Waals surface area (Å²) in [6.45, 7) is 2.84. The van der Waals surface area contributed by atoms with Crippen LogP contribution in [0, 0.1) is 5.82 Å². The van der Waals surface area contributed by atoms with Crippen LogP contribution >= 0.6 is 0 Å². The number of carbonyl (C=O) groups excluding carboxylic acids is 2. The summed E-state index contributed by atoms with van der Waals surface area (Å²) in [6, 6.07) is 6.59. The molecule has 0 bridgehead atoms. The predicted octanol–water partition coefficient (Wildman–Crippen LogP) is 2.25. The first-order valence-corrected chi connectivity index (χ1v) is 8.82. The van der Waals surface area contributed by atoms with Gasteiger partial charge in [0, 0.05) is 12.0 Å². The Morgan fingerprint density at radius 2 is 1.84 bits per heavy atom. The highest BCUT2D eigenvalue weighted by Crippen LogP contribution is 2.40. The van der Waals surface area contributed by atoms with Crippen molar-refractivity contribution in [2.24, 2.45) is 0 Å². The highest BCUT2D eigenvalue weighted by atomic mass is 19.1. The number of benzene rings is 1. The largest absolute Gasteiger partial charge is 0.465 e. The van der Waals surface area contributed by atoms with Gasteiger partial charge < -0.3 is 10.1 Å². The third kappa shape index (κ3) is 5.53. The Morgan fingerprint density at radius 1 is 1.20 bits per heavy atom. The van der Waals surface area contributed by atoms with E-state index in [-0.39, 0.29) is 36.2 Å². The molecular formula is C19H27FN2O3. The van der Waals surface area contributed by atoms with Crippen molar-refractivity contribution in [2.75, 3.05) is 33.3 Å². The number of ether oxygens (including phenoxy) is 1. The van der Waals surface area contributed by atoms with Gasteiger partial charge in [-0.25, -0.2) is 4.39 Å². The molecule has 0 unspecified atom stereocenters. The molecule has 0 spiro atoms. The Morgan fingerprint density at radius 3 is 2.44 bits per heavy atom. The first kappa shape index (κ1) is 19.4. The number of carbonyl (C=O) groups is 2. The van der Waals surface area contributed by atoms with E-state index in [0.717, 1.165) is 31.2 Å². The summed E-state index contributed by atoms with van der Waals surface area (Å²) in [6.07, 6.45) is 4.18. The van der Waals surface area contributed by atoms with Gasteiger partial charge in [0.05, 0.1) is 19.7 Å². The van der Waals surface area contributed by atoms with E-state index in [1.165, 1.54) is 12.1 Å². The normalized spacial score (nSPS) is 16.0. The van der Waals surface area contributed by atoms with Crippen molar-refractivity contribution in [3.05, 3.63) is 35.6 Å². The molecule has 1 aliphatic rings. The number of esters is 1. The van der Waals surface area contributed by atoms with E-state index in [9.17, 15) is 14.0 Å². The number of amides is 1. The fourth-order valence-electron chi connectivity index (χ4n) is 3.47. The van der Waals surface area contributed by atoms with Gasteiger partial charge in [0.15, 0.2) is 0 Å². The Bertz CT molecular complexity index is 583. The molecule has 6 heteroatoms. The standard InChI is InChI=1S/C19H27FN2O3/c1-3-25-18(24)13-22(2)12-17(23)21-14-19(10-4-5-11-19)15-6-8-16(20)9-7-15/h6-9H,3-5,10-14H2,1-2H3,(H,21,23). The molecule has 5 nitrogen and oxygen atoms in total. The lowest BCUT2D eigenvalue weighted by molar-refractivity contribution is -0.144. The number of rotatable bonds is 8. The first-order valence-electron chi connectivity index (χ1n) is 8.82. The molecule has 0 radical (unpaired) electrons. The van der Waals surface area contributed by atoms with Gasteiger partial charge in [-0.3, -0.25) is 14.5 Å². The van der Waals surface area contributed by atoms with Crippen molar-refractivity contribution in [3.8, 4) is 0 Å². The number of hydrogen-bond donors (Lipinski definition) is 1. The van der Waals surface area contributed by atoms with Gasteiger partial charge in [-0.1, -0.05) is 25.0 Å². The number of nitrogens with zero attached hydrogens (tertiary/aromatic N) is 1. The van der Waals surface area contributed by atoms with Crippen LogP contribution in [-0.4, -0.2) is 50.1 Å². The fourth-order valence-corrected chi connectivity index (χ4v) is 3.47. The molecule has 1 aromatic rings. The first-order chi connectivity index (χ1) is 11.9. The molecule has 0 aromatic heterocycles. The molecule has 25 heavy (non-hydrogen) atoms. The molecule has 1 aromatic carbocycles. The van der Waals surface area contributed by atoms with Crippen molar-refractivity contribution in [1.82, 2.24) is 10.2 Å². The average molecular weight is 350 g/mol. The molecule has 0 saturated heterocycles. The average Bonchev–Trinajstić information content (AvgIpc) is 3.03. The molecule has 1 saturated carbocycles. The predicted molar refractivity (Wildman–Crippen MR) is 93.7 cm³/mol. The summed E-state index contributed by atoms with van der Waals surface area (Å²) in [7, 11) is 1.71. The zero-order valence-electron chi connectivity index (χ0n) is 15.0. The lowest BCUT2D eigenvalue weighted by Gasteiger charge is -2.30. The van der Waals surface area contributed by atoms with Gasteiger partial charge in [0.1, 0.15) is 5.82 Å². The van der Waals surface area contributed by atoms with Crippen molar-refractivity contribution < 1.29 is 18.7 Å². The van der Waals surface area contributed by atoms with E-state index in [4.69, 9.17) is 4.74 Å². The van der Waals surface area contributed by atoms with E-state index in [1.807, 2.05) is 12.1 Å². The van der Waals surface area contributed by atoms with Crippen LogP contribution in [0.3, 0.4) is 0 Å². The smallest absolute Gasteiger partial charge is 0.320 e. The molecule has 1 N–H and O–H groups in total. The molecule has 0 aliphatic heterocycles. The Balaban J connectivity index is 1.89. The second-order valence-corrected chi connectivity index (χ2v) is 6.75. The minimum absolute atomic E-state index is 0.0877. The molecule has 1 fully saturated rings. The minimum atomic E-state index is -0.337. The molecule has 1 amide bonds. The highest BCUT2D eigenvalue weighted by molar-refractivity contribution is 5.79. The minimum Gasteiger partial charge on any atom is -0.465 e. The maximum atomic E-state index is 13.2.